The molecule has 0 aromatic heterocycles. The van der Waals surface area contributed by atoms with E-state index in [9.17, 15) is 13.2 Å². The van der Waals surface area contributed by atoms with Gasteiger partial charge >= 0.3 is 5.97 Å². The van der Waals surface area contributed by atoms with Crippen molar-refractivity contribution in [3.05, 3.63) is 0 Å². The highest BCUT2D eigenvalue weighted by Crippen LogP contribution is 2.02. The van der Waals surface area contributed by atoms with Gasteiger partial charge in [0, 0.05) is 6.04 Å². The van der Waals surface area contributed by atoms with Crippen LogP contribution in [0.1, 0.15) is 6.92 Å². The summed E-state index contributed by atoms with van der Waals surface area (Å²) in [5.74, 6) is -1.65. The monoisotopic (exact) mass is 183 g/mol. The van der Waals surface area contributed by atoms with Crippen molar-refractivity contribution in [3.63, 3.8) is 0 Å². The molecule has 0 aliphatic carbocycles. The van der Waals surface area contributed by atoms with Crippen LogP contribution in [0.25, 0.3) is 0 Å². The molecular formula is C4H9NO5S. The molecule has 6 nitrogen and oxygen atoms in total. The molecule has 0 aromatic rings. The lowest BCUT2D eigenvalue weighted by Gasteiger charge is -2.11. The van der Waals surface area contributed by atoms with Crippen molar-refractivity contribution < 1.29 is 22.9 Å². The first-order valence-corrected chi connectivity index (χ1v) is 4.22. The predicted molar refractivity (Wildman–Crippen MR) is 36.6 cm³/mol. The van der Waals surface area contributed by atoms with E-state index in [-0.39, 0.29) is 0 Å². The highest BCUT2D eigenvalue weighted by Gasteiger charge is 2.34. The second kappa shape index (κ2) is 3.16. The molecule has 0 aromatic carbocycles. The summed E-state index contributed by atoms with van der Waals surface area (Å²) in [7, 11) is -4.59. The zero-order chi connectivity index (χ0) is 9.23. The summed E-state index contributed by atoms with van der Waals surface area (Å²) in [6.07, 6.45) is 0. The maximum Gasteiger partial charge on any atom is 0.326 e. The Hall–Kier alpha value is -0.660. The molecule has 0 aliphatic rings. The summed E-state index contributed by atoms with van der Waals surface area (Å²) < 4.78 is 28.9. The number of aliphatic carboxylic acids is 1. The minimum absolute atomic E-state index is 1.14. The molecule has 0 saturated heterocycles. The van der Waals surface area contributed by atoms with Gasteiger partial charge in [0.05, 0.1) is 0 Å². The van der Waals surface area contributed by atoms with E-state index in [0.717, 1.165) is 0 Å². The van der Waals surface area contributed by atoms with Crippen molar-refractivity contribution in [1.82, 2.24) is 0 Å². The average molecular weight is 183 g/mol. The van der Waals surface area contributed by atoms with Crippen LogP contribution in [0.3, 0.4) is 0 Å². The summed E-state index contributed by atoms with van der Waals surface area (Å²) in [6, 6.07) is -1.14. The Bertz CT molecular complexity index is 243. The summed E-state index contributed by atoms with van der Waals surface area (Å²) in [4.78, 5) is 10.2. The number of nitrogens with two attached hydrogens (primary N) is 1. The number of hydrogen-bond acceptors (Lipinski definition) is 4. The molecule has 7 heteroatoms. The van der Waals surface area contributed by atoms with Crippen molar-refractivity contribution >= 4 is 16.1 Å². The van der Waals surface area contributed by atoms with Gasteiger partial charge in [-0.15, -0.1) is 0 Å². The number of carboxylic acid groups (broad SMARTS) is 1. The summed E-state index contributed by atoms with van der Waals surface area (Å²) in [5, 5.41) is 6.32. The van der Waals surface area contributed by atoms with Crippen molar-refractivity contribution in [1.29, 1.82) is 0 Å². The van der Waals surface area contributed by atoms with E-state index < -0.39 is 27.4 Å². The second-order valence-electron chi connectivity index (χ2n) is 2.13. The molecule has 2 atom stereocenters. The van der Waals surface area contributed by atoms with Crippen LogP contribution in [0.15, 0.2) is 0 Å². The number of hydrogen-bond donors (Lipinski definition) is 3. The first-order chi connectivity index (χ1) is 4.76. The van der Waals surface area contributed by atoms with Crippen LogP contribution in [0.2, 0.25) is 0 Å². The lowest BCUT2D eigenvalue weighted by atomic mass is 10.2. The second-order valence-corrected chi connectivity index (χ2v) is 3.67. The Morgan fingerprint density at radius 3 is 1.91 bits per heavy atom. The molecule has 11 heavy (non-hydrogen) atoms. The Labute approximate surface area is 63.8 Å². The fraction of sp³-hybridized carbons (Fsp3) is 0.750. The minimum Gasteiger partial charge on any atom is -0.480 e. The van der Waals surface area contributed by atoms with Crippen LogP contribution in [0.4, 0.5) is 0 Å². The molecular weight excluding hydrogens is 174 g/mol. The Balaban J connectivity index is 4.79. The molecule has 0 amide bonds. The first-order valence-electron chi connectivity index (χ1n) is 2.71. The van der Waals surface area contributed by atoms with Gasteiger partial charge < -0.3 is 10.8 Å². The molecule has 4 N–H and O–H groups in total. The van der Waals surface area contributed by atoms with Gasteiger partial charge in [-0.3, -0.25) is 9.35 Å². The molecule has 0 rings (SSSR count). The molecule has 66 valence electrons. The molecule has 0 radical (unpaired) electrons. The van der Waals surface area contributed by atoms with E-state index in [1.165, 1.54) is 6.92 Å². The zero-order valence-electron chi connectivity index (χ0n) is 5.76. The van der Waals surface area contributed by atoms with Gasteiger partial charge in [-0.2, -0.15) is 8.42 Å². The highest BCUT2D eigenvalue weighted by atomic mass is 32.2. The smallest absolute Gasteiger partial charge is 0.326 e. The standard InChI is InChI=1S/C4H9NO5S/c1-2(5)3(4(6)7)11(8,9)10/h2-3H,5H2,1H3,(H,6,7)(H,8,9,10). The molecule has 0 spiro atoms. The van der Waals surface area contributed by atoms with Crippen molar-refractivity contribution in [3.8, 4) is 0 Å². The Morgan fingerprint density at radius 1 is 1.55 bits per heavy atom. The predicted octanol–water partition coefficient (Wildman–Crippen LogP) is -1.33. The fourth-order valence-electron chi connectivity index (χ4n) is 0.624. The van der Waals surface area contributed by atoms with Gasteiger partial charge in [0.2, 0.25) is 0 Å². The minimum atomic E-state index is -4.59. The van der Waals surface area contributed by atoms with E-state index >= 15 is 0 Å². The lowest BCUT2D eigenvalue weighted by Crippen LogP contribution is -2.43. The van der Waals surface area contributed by atoms with Crippen LogP contribution >= 0.6 is 0 Å². The average Bonchev–Trinajstić information content (AvgIpc) is 1.54. The van der Waals surface area contributed by atoms with E-state index in [0.29, 0.717) is 0 Å². The van der Waals surface area contributed by atoms with Crippen LogP contribution in [0.5, 0.6) is 0 Å². The van der Waals surface area contributed by atoms with Crippen molar-refractivity contribution in [2.24, 2.45) is 5.73 Å². The largest absolute Gasteiger partial charge is 0.480 e. The molecule has 2 unspecified atom stereocenters. The third-order valence-electron chi connectivity index (χ3n) is 1.04. The number of carboxylic acids is 1. The Morgan fingerprint density at radius 2 is 1.91 bits per heavy atom. The summed E-state index contributed by atoms with van der Waals surface area (Å²) in [6.45, 7) is 1.19. The van der Waals surface area contributed by atoms with Gasteiger partial charge in [-0.05, 0) is 6.92 Å². The van der Waals surface area contributed by atoms with E-state index in [1.807, 2.05) is 0 Å². The van der Waals surface area contributed by atoms with Crippen molar-refractivity contribution in [2.45, 2.75) is 18.2 Å². The van der Waals surface area contributed by atoms with E-state index in [4.69, 9.17) is 15.4 Å². The molecule has 0 heterocycles. The van der Waals surface area contributed by atoms with Crippen LogP contribution in [-0.2, 0) is 14.9 Å². The van der Waals surface area contributed by atoms with Gasteiger partial charge in [-0.1, -0.05) is 0 Å². The molecule has 0 aliphatic heterocycles. The first kappa shape index (κ1) is 10.3. The van der Waals surface area contributed by atoms with Crippen LogP contribution < -0.4 is 5.73 Å². The SMILES string of the molecule is CC(N)C(C(=O)O)S(=O)(=O)O. The summed E-state index contributed by atoms with van der Waals surface area (Å²) >= 11 is 0. The maximum absolute atomic E-state index is 10.3. The van der Waals surface area contributed by atoms with Crippen molar-refractivity contribution in [2.75, 3.05) is 0 Å². The third kappa shape index (κ3) is 2.83. The maximum atomic E-state index is 10.3. The Kier molecular flexibility index (Phi) is 2.97. The normalized spacial score (nSPS) is 17.4. The highest BCUT2D eigenvalue weighted by molar-refractivity contribution is 7.87. The van der Waals surface area contributed by atoms with Gasteiger partial charge in [0.25, 0.3) is 10.1 Å². The van der Waals surface area contributed by atoms with E-state index in [1.54, 1.807) is 0 Å². The number of carbonyl (C=O) groups is 1. The molecule has 0 saturated carbocycles. The lowest BCUT2D eigenvalue weighted by molar-refractivity contribution is -0.136. The zero-order valence-corrected chi connectivity index (χ0v) is 6.58. The number of rotatable bonds is 3. The molecule has 0 bridgehead atoms. The van der Waals surface area contributed by atoms with Gasteiger partial charge in [0.15, 0.2) is 5.25 Å². The van der Waals surface area contributed by atoms with E-state index in [2.05, 4.69) is 0 Å². The van der Waals surface area contributed by atoms with Crippen LogP contribution in [0, 0.1) is 0 Å². The van der Waals surface area contributed by atoms with Gasteiger partial charge in [-0.25, -0.2) is 0 Å². The topological polar surface area (TPSA) is 118 Å². The van der Waals surface area contributed by atoms with Gasteiger partial charge in [0.1, 0.15) is 0 Å². The molecule has 0 fully saturated rings. The van der Waals surface area contributed by atoms with Crippen LogP contribution in [-0.4, -0.2) is 35.3 Å². The fourth-order valence-corrected chi connectivity index (χ4v) is 1.42. The summed E-state index contributed by atoms with van der Waals surface area (Å²) in [5.41, 5.74) is 5.00. The third-order valence-corrected chi connectivity index (χ3v) is 2.31. The quantitative estimate of drug-likeness (QED) is 0.467.